The van der Waals surface area contributed by atoms with Gasteiger partial charge in [-0.1, -0.05) is 0 Å². The van der Waals surface area contributed by atoms with Crippen LogP contribution < -0.4 is 0 Å². The Morgan fingerprint density at radius 1 is 1.00 bits per heavy atom. The zero-order valence-electron chi connectivity index (χ0n) is 3.45. The van der Waals surface area contributed by atoms with Crippen molar-refractivity contribution in [3.05, 3.63) is 0 Å². The average Bonchev–Trinajstić information content (AvgIpc) is 0. The van der Waals surface area contributed by atoms with Crippen LogP contribution in [0.4, 0.5) is 0 Å². The third-order valence-electron chi connectivity index (χ3n) is 0. The first-order valence-electron chi connectivity index (χ1n) is 0. The van der Waals surface area contributed by atoms with Gasteiger partial charge in [-0.2, -0.15) is 0 Å². The molecule has 4 heavy (non-hydrogen) atoms. The molecular weight excluding hydrogens is 191 g/mol. The summed E-state index contributed by atoms with van der Waals surface area (Å²) >= 11 is 0. The molecule has 0 nitrogen and oxygen atoms in total. The Kier molecular flexibility index (Phi) is 95.9. The summed E-state index contributed by atoms with van der Waals surface area (Å²) in [5, 5.41) is 0. The van der Waals surface area contributed by atoms with Crippen molar-refractivity contribution in [2.45, 2.75) is 0 Å². The molecule has 0 amide bonds. The molecule has 0 aliphatic heterocycles. The van der Waals surface area contributed by atoms with Gasteiger partial charge in [0.2, 0.25) is 0 Å². The molecule has 0 unspecified atom stereocenters. The fraction of sp³-hybridized carbons (Fsp3) is 0. The van der Waals surface area contributed by atoms with Gasteiger partial charge in [0.1, 0.15) is 0 Å². The Morgan fingerprint density at radius 2 is 1.00 bits per heavy atom. The van der Waals surface area contributed by atoms with Crippen molar-refractivity contribution < 1.29 is 0 Å². The summed E-state index contributed by atoms with van der Waals surface area (Å²) in [6, 6.07) is 0. The molecule has 0 atom stereocenters. The van der Waals surface area contributed by atoms with Gasteiger partial charge >= 0.3 is 0 Å². The van der Waals surface area contributed by atoms with Crippen LogP contribution in [0.1, 0.15) is 0 Å². The predicted octanol–water partition coefficient (Wildman–Crippen LogP) is -1.52. The Labute approximate surface area is 121 Å². The fourth-order valence-corrected chi connectivity index (χ4v) is 0. The largest absolute Gasteiger partial charge is 0 e. The van der Waals surface area contributed by atoms with Gasteiger partial charge in [0.05, 0.1) is 0 Å². The van der Waals surface area contributed by atoms with E-state index in [9.17, 15) is 0 Å². The van der Waals surface area contributed by atoms with Gasteiger partial charge in [0, 0.05) is 124 Å². The van der Waals surface area contributed by atoms with Crippen LogP contribution in [-0.4, -0.2) is 124 Å². The summed E-state index contributed by atoms with van der Waals surface area (Å²) in [6.07, 6.45) is 0. The molecular formula is KLiNaSb. The van der Waals surface area contributed by atoms with Gasteiger partial charge in [-0.25, -0.2) is 0 Å². The minimum Gasteiger partial charge on any atom is 0 e. The van der Waals surface area contributed by atoms with Crippen LogP contribution in [0.3, 0.4) is 0 Å². The first-order valence-corrected chi connectivity index (χ1v) is 0. The van der Waals surface area contributed by atoms with Crippen molar-refractivity contribution >= 4 is 124 Å². The van der Waals surface area contributed by atoms with Crippen molar-refractivity contribution in [1.82, 2.24) is 0 Å². The first-order chi connectivity index (χ1) is 0. The van der Waals surface area contributed by atoms with E-state index in [1.165, 1.54) is 0 Å². The maximum atomic E-state index is 0. The predicted molar refractivity (Wildman–Crippen MR) is 23.0 cm³/mol. The van der Waals surface area contributed by atoms with Crippen LogP contribution in [0.25, 0.3) is 0 Å². The number of hydrogen-bond acceptors (Lipinski definition) is 0. The minimum atomic E-state index is 0. The van der Waals surface area contributed by atoms with Gasteiger partial charge in [-0.15, -0.1) is 0 Å². The molecule has 0 N–H and O–H groups in total. The Balaban J connectivity index is 0. The second-order valence-corrected chi connectivity index (χ2v) is 0. The molecule has 6 radical (unpaired) electrons. The molecule has 8 valence electrons. The van der Waals surface area contributed by atoms with Crippen LogP contribution in [0.15, 0.2) is 0 Å². The van der Waals surface area contributed by atoms with Crippen LogP contribution in [0.5, 0.6) is 0 Å². The minimum absolute atomic E-state index is 0. The number of hydrogen-bond donors (Lipinski definition) is 0. The third kappa shape index (κ3) is 9.41. The van der Waals surface area contributed by atoms with E-state index in [2.05, 4.69) is 0 Å². The molecule has 0 aromatic carbocycles. The zero-order chi connectivity index (χ0) is 0. The van der Waals surface area contributed by atoms with E-state index < -0.39 is 0 Å². The monoisotopic (exact) mass is 190 g/mol. The van der Waals surface area contributed by atoms with Crippen molar-refractivity contribution in [3.63, 3.8) is 0 Å². The molecule has 0 aromatic rings. The summed E-state index contributed by atoms with van der Waals surface area (Å²) in [4.78, 5) is 0. The SMILES string of the molecule is [K].[Li].[Na].[Sb]. The normalized spacial score (nSPS) is 0. The van der Waals surface area contributed by atoms with E-state index in [0.29, 0.717) is 0 Å². The van der Waals surface area contributed by atoms with E-state index in [4.69, 9.17) is 0 Å². The fourth-order valence-electron chi connectivity index (χ4n) is 0. The van der Waals surface area contributed by atoms with E-state index in [1.54, 1.807) is 0 Å². The second-order valence-electron chi connectivity index (χ2n) is 0. The van der Waals surface area contributed by atoms with Gasteiger partial charge in [-0.05, 0) is 0 Å². The molecule has 0 bridgehead atoms. The maximum absolute atomic E-state index is 0. The Hall–Kier alpha value is 4.05. The van der Waals surface area contributed by atoms with Crippen molar-refractivity contribution in [1.29, 1.82) is 0 Å². The quantitative estimate of drug-likeness (QED) is 0.407. The van der Waals surface area contributed by atoms with Crippen molar-refractivity contribution in [2.75, 3.05) is 0 Å². The Morgan fingerprint density at radius 3 is 1.00 bits per heavy atom. The van der Waals surface area contributed by atoms with Crippen LogP contribution >= 0.6 is 0 Å². The molecule has 0 fully saturated rings. The van der Waals surface area contributed by atoms with Crippen LogP contribution in [0, 0.1) is 0 Å². The van der Waals surface area contributed by atoms with Crippen LogP contribution in [0.2, 0.25) is 0 Å². The van der Waals surface area contributed by atoms with E-state index in [-0.39, 0.29) is 124 Å². The maximum Gasteiger partial charge on any atom is 0 e. The molecule has 4 heteroatoms. The molecule has 0 saturated heterocycles. The van der Waals surface area contributed by atoms with Crippen molar-refractivity contribution in [3.8, 4) is 0 Å². The molecule has 0 rings (SSSR count). The molecule has 0 heterocycles. The van der Waals surface area contributed by atoms with E-state index in [1.807, 2.05) is 0 Å². The molecule has 0 aromatic heterocycles. The summed E-state index contributed by atoms with van der Waals surface area (Å²) < 4.78 is 0. The first kappa shape index (κ1) is 24.4. The van der Waals surface area contributed by atoms with E-state index >= 15 is 0 Å². The molecule has 0 aliphatic carbocycles. The standard InChI is InChI=1S/K.Li.Na.Sb. The zero-order valence-corrected chi connectivity index (χ0v) is 11.1. The summed E-state index contributed by atoms with van der Waals surface area (Å²) in [6.45, 7) is 0. The van der Waals surface area contributed by atoms with Gasteiger partial charge in [0.15, 0.2) is 0 Å². The summed E-state index contributed by atoms with van der Waals surface area (Å²) in [5.74, 6) is 0. The number of rotatable bonds is 0. The van der Waals surface area contributed by atoms with E-state index in [0.717, 1.165) is 0 Å². The van der Waals surface area contributed by atoms with Gasteiger partial charge in [0.25, 0.3) is 0 Å². The molecule has 0 aliphatic rings. The Bertz CT molecular complexity index is 8.00. The summed E-state index contributed by atoms with van der Waals surface area (Å²) in [5.41, 5.74) is 0. The smallest absolute Gasteiger partial charge is 0 e. The summed E-state index contributed by atoms with van der Waals surface area (Å²) in [7, 11) is 0. The van der Waals surface area contributed by atoms with Crippen molar-refractivity contribution in [2.24, 2.45) is 0 Å². The van der Waals surface area contributed by atoms with Gasteiger partial charge in [-0.3, -0.25) is 0 Å². The second kappa shape index (κ2) is 15.7. The topological polar surface area (TPSA) is 0 Å². The molecule has 0 spiro atoms. The molecule has 0 saturated carbocycles. The van der Waals surface area contributed by atoms with Crippen LogP contribution in [-0.2, 0) is 0 Å². The average molecular weight is 191 g/mol. The third-order valence-corrected chi connectivity index (χ3v) is 0. The van der Waals surface area contributed by atoms with Gasteiger partial charge < -0.3 is 0 Å².